The molecule has 4 nitrogen and oxygen atoms in total. The van der Waals surface area contributed by atoms with Crippen molar-refractivity contribution in [2.75, 3.05) is 26.2 Å². The van der Waals surface area contributed by atoms with Crippen molar-refractivity contribution < 1.29 is 9.53 Å². The molecule has 1 fully saturated rings. The van der Waals surface area contributed by atoms with Gasteiger partial charge in [-0.15, -0.1) is 6.58 Å². The van der Waals surface area contributed by atoms with Gasteiger partial charge in [-0.2, -0.15) is 0 Å². The van der Waals surface area contributed by atoms with E-state index in [-0.39, 0.29) is 11.6 Å². The second kappa shape index (κ2) is 5.95. The van der Waals surface area contributed by atoms with Crippen LogP contribution in [0.5, 0.6) is 0 Å². The fraction of sp³-hybridized carbons (Fsp3) is 0.800. The van der Waals surface area contributed by atoms with E-state index in [1.807, 2.05) is 31.7 Å². The number of rotatable bonds is 2. The number of nitrogens with zero attached hydrogens (tertiary/aromatic N) is 2. The van der Waals surface area contributed by atoms with Crippen LogP contribution < -0.4 is 0 Å². The Balaban J connectivity index is 2.59. The molecule has 0 spiro atoms. The van der Waals surface area contributed by atoms with Crippen LogP contribution in [0.2, 0.25) is 0 Å². The lowest BCUT2D eigenvalue weighted by molar-refractivity contribution is 0.0253. The number of hydrogen-bond acceptors (Lipinski definition) is 3. The average molecular weight is 268 g/mol. The number of ether oxygens (including phenoxy) is 1. The van der Waals surface area contributed by atoms with E-state index in [0.717, 1.165) is 26.1 Å². The number of hydrogen-bond donors (Lipinski definition) is 0. The Hall–Kier alpha value is -1.03. The smallest absolute Gasteiger partial charge is 0.410 e. The third kappa shape index (κ3) is 4.86. The second-order valence-electron chi connectivity index (χ2n) is 6.67. The Morgan fingerprint density at radius 2 is 1.74 bits per heavy atom. The topological polar surface area (TPSA) is 32.8 Å². The quantitative estimate of drug-likeness (QED) is 0.722. The molecular formula is C15H28N2O2. The summed E-state index contributed by atoms with van der Waals surface area (Å²) in [5.74, 6) is 0. The Morgan fingerprint density at radius 3 is 2.26 bits per heavy atom. The molecule has 0 aromatic carbocycles. The van der Waals surface area contributed by atoms with Gasteiger partial charge >= 0.3 is 6.09 Å². The van der Waals surface area contributed by atoms with Crippen molar-refractivity contribution in [3.8, 4) is 0 Å². The van der Waals surface area contributed by atoms with Crippen LogP contribution >= 0.6 is 0 Å². The average Bonchev–Trinajstić information content (AvgIpc) is 2.52. The maximum Gasteiger partial charge on any atom is 0.410 e. The maximum absolute atomic E-state index is 12.1. The van der Waals surface area contributed by atoms with Gasteiger partial charge in [0.15, 0.2) is 0 Å². The minimum atomic E-state index is -0.427. The van der Waals surface area contributed by atoms with Crippen molar-refractivity contribution >= 4 is 6.09 Å². The SMILES string of the molecule is C=CC(C)(C)N1CCCN(C(=O)OC(C)(C)C)CC1. The molecule has 0 N–H and O–H groups in total. The molecule has 110 valence electrons. The zero-order chi connectivity index (χ0) is 14.7. The highest BCUT2D eigenvalue weighted by molar-refractivity contribution is 5.68. The minimum Gasteiger partial charge on any atom is -0.444 e. The van der Waals surface area contributed by atoms with Gasteiger partial charge in [-0.05, 0) is 41.0 Å². The molecule has 1 rings (SSSR count). The number of amides is 1. The van der Waals surface area contributed by atoms with Crippen LogP contribution in [0.3, 0.4) is 0 Å². The summed E-state index contributed by atoms with van der Waals surface area (Å²) in [6, 6.07) is 0. The summed E-state index contributed by atoms with van der Waals surface area (Å²) in [5.41, 5.74) is -0.451. The summed E-state index contributed by atoms with van der Waals surface area (Å²) in [6.07, 6.45) is 2.73. The molecule has 1 saturated heterocycles. The Bertz CT molecular complexity index is 332. The van der Waals surface area contributed by atoms with E-state index >= 15 is 0 Å². The fourth-order valence-corrected chi connectivity index (χ4v) is 2.13. The molecule has 1 aliphatic heterocycles. The van der Waals surface area contributed by atoms with Crippen molar-refractivity contribution in [1.29, 1.82) is 0 Å². The van der Waals surface area contributed by atoms with Crippen LogP contribution in [-0.2, 0) is 4.74 Å². The highest BCUT2D eigenvalue weighted by Gasteiger charge is 2.28. The molecule has 1 amide bonds. The van der Waals surface area contributed by atoms with Crippen LogP contribution in [-0.4, -0.2) is 53.2 Å². The van der Waals surface area contributed by atoms with Gasteiger partial charge in [0, 0.05) is 31.7 Å². The fourth-order valence-electron chi connectivity index (χ4n) is 2.13. The van der Waals surface area contributed by atoms with Crippen LogP contribution in [0.1, 0.15) is 41.0 Å². The van der Waals surface area contributed by atoms with Gasteiger partial charge in [0.25, 0.3) is 0 Å². The predicted octanol–water partition coefficient (Wildman–Crippen LogP) is 2.89. The molecule has 0 aliphatic carbocycles. The van der Waals surface area contributed by atoms with Crippen molar-refractivity contribution in [2.45, 2.75) is 52.2 Å². The molecular weight excluding hydrogens is 240 g/mol. The lowest BCUT2D eigenvalue weighted by Gasteiger charge is -2.35. The molecule has 1 aliphatic rings. The van der Waals surface area contributed by atoms with Gasteiger partial charge < -0.3 is 9.64 Å². The molecule has 1 heterocycles. The van der Waals surface area contributed by atoms with Crippen LogP contribution in [0, 0.1) is 0 Å². The molecule has 0 atom stereocenters. The summed E-state index contributed by atoms with van der Waals surface area (Å²) in [6.45, 7) is 17.2. The van der Waals surface area contributed by atoms with Gasteiger partial charge in [-0.25, -0.2) is 4.79 Å². The van der Waals surface area contributed by atoms with Gasteiger partial charge in [-0.3, -0.25) is 4.90 Å². The van der Waals surface area contributed by atoms with Crippen molar-refractivity contribution in [3.63, 3.8) is 0 Å². The van der Waals surface area contributed by atoms with Crippen LogP contribution in [0.25, 0.3) is 0 Å². The Labute approximate surface area is 117 Å². The molecule has 0 aromatic rings. The maximum atomic E-state index is 12.1. The lowest BCUT2D eigenvalue weighted by atomic mass is 10.0. The monoisotopic (exact) mass is 268 g/mol. The van der Waals surface area contributed by atoms with Crippen molar-refractivity contribution in [3.05, 3.63) is 12.7 Å². The van der Waals surface area contributed by atoms with E-state index in [1.165, 1.54) is 0 Å². The number of carbonyl (C=O) groups is 1. The van der Waals surface area contributed by atoms with Gasteiger partial charge in [0.2, 0.25) is 0 Å². The van der Waals surface area contributed by atoms with Crippen molar-refractivity contribution in [1.82, 2.24) is 9.80 Å². The van der Waals surface area contributed by atoms with E-state index in [4.69, 9.17) is 4.74 Å². The summed E-state index contributed by atoms with van der Waals surface area (Å²) in [4.78, 5) is 16.2. The van der Waals surface area contributed by atoms with E-state index < -0.39 is 5.60 Å². The van der Waals surface area contributed by atoms with Crippen molar-refractivity contribution in [2.24, 2.45) is 0 Å². The Morgan fingerprint density at radius 1 is 1.11 bits per heavy atom. The molecule has 0 radical (unpaired) electrons. The van der Waals surface area contributed by atoms with Crippen LogP contribution in [0.15, 0.2) is 12.7 Å². The third-order valence-electron chi connectivity index (χ3n) is 3.46. The van der Waals surface area contributed by atoms with E-state index in [9.17, 15) is 4.79 Å². The molecule has 19 heavy (non-hydrogen) atoms. The normalized spacial score (nSPS) is 18.9. The summed E-state index contributed by atoms with van der Waals surface area (Å²) in [7, 11) is 0. The predicted molar refractivity (Wildman–Crippen MR) is 78.3 cm³/mol. The summed E-state index contributed by atoms with van der Waals surface area (Å²) in [5, 5.41) is 0. The first-order valence-corrected chi connectivity index (χ1v) is 7.02. The Kier molecular flexibility index (Phi) is 5.02. The minimum absolute atomic E-state index is 0.0239. The largest absolute Gasteiger partial charge is 0.444 e. The zero-order valence-electron chi connectivity index (χ0n) is 13.0. The number of carbonyl (C=O) groups excluding carboxylic acids is 1. The van der Waals surface area contributed by atoms with E-state index in [1.54, 1.807) is 0 Å². The second-order valence-corrected chi connectivity index (χ2v) is 6.67. The van der Waals surface area contributed by atoms with Crippen LogP contribution in [0.4, 0.5) is 4.79 Å². The highest BCUT2D eigenvalue weighted by Crippen LogP contribution is 2.19. The first kappa shape index (κ1) is 16.0. The highest BCUT2D eigenvalue weighted by atomic mass is 16.6. The molecule has 0 bridgehead atoms. The van der Waals surface area contributed by atoms with E-state index in [0.29, 0.717) is 6.54 Å². The van der Waals surface area contributed by atoms with E-state index in [2.05, 4.69) is 25.3 Å². The first-order chi connectivity index (χ1) is 8.65. The summed E-state index contributed by atoms with van der Waals surface area (Å²) >= 11 is 0. The molecule has 0 unspecified atom stereocenters. The zero-order valence-corrected chi connectivity index (χ0v) is 13.0. The first-order valence-electron chi connectivity index (χ1n) is 7.02. The standard InChI is InChI=1S/C15H28N2O2/c1-7-15(5,6)17-10-8-9-16(11-12-17)13(18)19-14(2,3)4/h7H,1,8-12H2,2-6H3. The molecule has 0 aromatic heterocycles. The van der Waals surface area contributed by atoms with Gasteiger partial charge in [-0.1, -0.05) is 6.08 Å². The molecule has 4 heteroatoms. The summed E-state index contributed by atoms with van der Waals surface area (Å²) < 4.78 is 5.43. The molecule has 0 saturated carbocycles. The van der Waals surface area contributed by atoms with Gasteiger partial charge in [0.05, 0.1) is 0 Å². The van der Waals surface area contributed by atoms with Gasteiger partial charge in [0.1, 0.15) is 5.60 Å². The third-order valence-corrected chi connectivity index (χ3v) is 3.46. The lowest BCUT2D eigenvalue weighted by Crippen LogP contribution is -2.45.